The molecule has 4 rings (SSSR count). The van der Waals surface area contributed by atoms with Crippen LogP contribution in [0.1, 0.15) is 41.3 Å². The Kier molecular flexibility index (Phi) is 7.17. The molecule has 0 saturated carbocycles. The molecule has 0 amide bonds. The van der Waals surface area contributed by atoms with Crippen LogP contribution in [0, 0.1) is 22.7 Å². The maximum atomic E-state index is 13.8. The summed E-state index contributed by atoms with van der Waals surface area (Å²) in [5.74, 6) is -4.13. The third kappa shape index (κ3) is 4.80. The van der Waals surface area contributed by atoms with Crippen LogP contribution in [0.3, 0.4) is 0 Å². The Morgan fingerprint density at radius 3 is 2.47 bits per heavy atom. The summed E-state index contributed by atoms with van der Waals surface area (Å²) >= 11 is 0. The van der Waals surface area contributed by atoms with E-state index in [4.69, 9.17) is 10.1 Å². The van der Waals surface area contributed by atoms with E-state index in [0.29, 0.717) is 11.1 Å². The fourth-order valence-corrected chi connectivity index (χ4v) is 4.55. The minimum Gasteiger partial charge on any atom is -0.465 e. The van der Waals surface area contributed by atoms with E-state index in [9.17, 15) is 28.0 Å². The summed E-state index contributed by atoms with van der Waals surface area (Å²) in [4.78, 5) is 32.2. The maximum Gasteiger partial charge on any atom is 0.416 e. The van der Waals surface area contributed by atoms with Gasteiger partial charge in [-0.25, -0.2) is 4.98 Å². The number of carbonyl (C=O) groups excluding carboxylic acids is 2. The van der Waals surface area contributed by atoms with Crippen molar-refractivity contribution in [1.82, 2.24) is 9.55 Å². The first-order chi connectivity index (χ1) is 18.1. The van der Waals surface area contributed by atoms with Crippen LogP contribution in [0.5, 0.6) is 0 Å². The molecule has 2 unspecified atom stereocenters. The number of ether oxygens (including phenoxy) is 1. The van der Waals surface area contributed by atoms with Gasteiger partial charge in [-0.15, -0.1) is 0 Å². The number of alkyl halides is 3. The minimum absolute atomic E-state index is 0.0141. The van der Waals surface area contributed by atoms with Gasteiger partial charge in [-0.1, -0.05) is 18.2 Å². The van der Waals surface area contributed by atoms with E-state index in [1.54, 1.807) is 19.1 Å². The molecule has 8 nitrogen and oxygen atoms in total. The molecule has 38 heavy (non-hydrogen) atoms. The van der Waals surface area contributed by atoms with Crippen LogP contribution in [0.2, 0.25) is 0 Å². The Bertz CT molecular complexity index is 1450. The molecule has 0 fully saturated rings. The van der Waals surface area contributed by atoms with E-state index < -0.39 is 35.5 Å². The second-order valence-corrected chi connectivity index (χ2v) is 8.48. The number of rotatable bonds is 5. The summed E-state index contributed by atoms with van der Waals surface area (Å²) < 4.78 is 47.0. The molecule has 0 spiro atoms. The Labute approximate surface area is 216 Å². The van der Waals surface area contributed by atoms with Gasteiger partial charge in [0.2, 0.25) is 0 Å². The predicted octanol–water partition coefficient (Wildman–Crippen LogP) is 5.15. The van der Waals surface area contributed by atoms with E-state index >= 15 is 0 Å². The minimum atomic E-state index is -4.65. The molecule has 0 radical (unpaired) electrons. The Hall–Kier alpha value is -4.72. The standard InChI is InChI=1S/C27H22F3N5O3/c1-3-38-26(37)23-22(18-9-7-17(14-31)8-10-18)21(25(36)34-12-11-33-15-34)16(2)35(24(23)32)20-6-4-5-19(13-20)27(28,29)30/h4-13,15,22-23,32H,3H2,1-2H3. The molecule has 1 N–H and O–H groups in total. The number of imidazole rings is 1. The number of nitrogens with zero attached hydrogens (tertiary/aromatic N) is 4. The highest BCUT2D eigenvalue weighted by Gasteiger charge is 2.47. The van der Waals surface area contributed by atoms with Crippen LogP contribution in [-0.4, -0.2) is 33.9 Å². The van der Waals surface area contributed by atoms with Gasteiger partial charge < -0.3 is 9.64 Å². The largest absolute Gasteiger partial charge is 0.465 e. The van der Waals surface area contributed by atoms with Crippen LogP contribution < -0.4 is 4.90 Å². The van der Waals surface area contributed by atoms with Gasteiger partial charge >= 0.3 is 12.1 Å². The van der Waals surface area contributed by atoms with Gasteiger partial charge in [0.15, 0.2) is 0 Å². The van der Waals surface area contributed by atoms with Crippen molar-refractivity contribution >= 4 is 23.4 Å². The molecule has 0 saturated heterocycles. The molecule has 1 aromatic heterocycles. The van der Waals surface area contributed by atoms with Gasteiger partial charge in [0, 0.05) is 35.3 Å². The summed E-state index contributed by atoms with van der Waals surface area (Å²) in [6.45, 7) is 3.08. The highest BCUT2D eigenvalue weighted by Crippen LogP contribution is 2.44. The number of hydrogen-bond donors (Lipinski definition) is 1. The number of esters is 1. The van der Waals surface area contributed by atoms with E-state index in [1.165, 1.54) is 59.4 Å². The van der Waals surface area contributed by atoms with E-state index in [-0.39, 0.29) is 29.4 Å². The maximum absolute atomic E-state index is 13.8. The number of nitriles is 1. The molecule has 2 aromatic carbocycles. The molecular weight excluding hydrogens is 499 g/mol. The van der Waals surface area contributed by atoms with Crippen molar-refractivity contribution < 1.29 is 27.5 Å². The summed E-state index contributed by atoms with van der Waals surface area (Å²) in [7, 11) is 0. The van der Waals surface area contributed by atoms with Crippen LogP contribution >= 0.6 is 0 Å². The summed E-state index contributed by atoms with van der Waals surface area (Å²) in [5, 5.41) is 18.2. The summed E-state index contributed by atoms with van der Waals surface area (Å²) in [6, 6.07) is 12.5. The monoisotopic (exact) mass is 521 g/mol. The van der Waals surface area contributed by atoms with Crippen molar-refractivity contribution in [2.24, 2.45) is 5.92 Å². The first kappa shape index (κ1) is 26.3. The zero-order chi connectivity index (χ0) is 27.6. The number of carbonyl (C=O) groups is 2. The number of anilines is 1. The number of aromatic nitrogens is 2. The normalized spacial score (nSPS) is 17.8. The molecule has 0 aliphatic carbocycles. The number of nitrogens with one attached hydrogen (secondary N) is 1. The van der Waals surface area contributed by atoms with Gasteiger partial charge in [0.25, 0.3) is 5.91 Å². The number of hydrogen-bond acceptors (Lipinski definition) is 6. The van der Waals surface area contributed by atoms with E-state index in [0.717, 1.165) is 12.1 Å². The molecular formula is C27H22F3N5O3. The van der Waals surface area contributed by atoms with Gasteiger partial charge in [-0.05, 0) is 49.7 Å². The lowest BCUT2D eigenvalue weighted by Crippen LogP contribution is -2.48. The van der Waals surface area contributed by atoms with Crippen LogP contribution in [0.4, 0.5) is 18.9 Å². The second kappa shape index (κ2) is 10.3. The van der Waals surface area contributed by atoms with Crippen molar-refractivity contribution in [3.05, 3.63) is 95.2 Å². The molecule has 1 aliphatic heterocycles. The third-order valence-electron chi connectivity index (χ3n) is 6.25. The lowest BCUT2D eigenvalue weighted by Gasteiger charge is -2.41. The Balaban J connectivity index is 2.00. The second-order valence-electron chi connectivity index (χ2n) is 8.48. The van der Waals surface area contributed by atoms with E-state index in [1.807, 2.05) is 6.07 Å². The van der Waals surface area contributed by atoms with Crippen molar-refractivity contribution in [3.63, 3.8) is 0 Å². The fraction of sp³-hybridized carbons (Fsp3) is 0.222. The SMILES string of the molecule is CCOC(=O)C1C(=N)N(c2cccc(C(F)(F)F)c2)C(C)=C(C(=O)n2ccnc2)C1c1ccc(C#N)cc1. The molecule has 11 heteroatoms. The Morgan fingerprint density at radius 1 is 1.18 bits per heavy atom. The van der Waals surface area contributed by atoms with Crippen LogP contribution in [0.15, 0.2) is 78.5 Å². The number of allylic oxidation sites excluding steroid dienone is 2. The molecule has 2 heterocycles. The smallest absolute Gasteiger partial charge is 0.416 e. The molecule has 3 aromatic rings. The zero-order valence-electron chi connectivity index (χ0n) is 20.4. The summed E-state index contributed by atoms with van der Waals surface area (Å²) in [5.41, 5.74) is 0.0623. The summed E-state index contributed by atoms with van der Waals surface area (Å²) in [6.07, 6.45) is -0.575. The van der Waals surface area contributed by atoms with Crippen molar-refractivity contribution in [2.75, 3.05) is 11.5 Å². The predicted molar refractivity (Wildman–Crippen MR) is 131 cm³/mol. The van der Waals surface area contributed by atoms with Gasteiger partial charge in [0.05, 0.1) is 23.8 Å². The number of halogens is 3. The molecule has 2 atom stereocenters. The van der Waals surface area contributed by atoms with Crippen molar-refractivity contribution in [2.45, 2.75) is 25.9 Å². The topological polar surface area (TPSA) is 112 Å². The molecule has 194 valence electrons. The van der Waals surface area contributed by atoms with Crippen LogP contribution in [0.25, 0.3) is 0 Å². The molecule has 1 aliphatic rings. The number of amidine groups is 1. The first-order valence-corrected chi connectivity index (χ1v) is 11.5. The van der Waals surface area contributed by atoms with Gasteiger partial charge in [0.1, 0.15) is 18.1 Å². The lowest BCUT2D eigenvalue weighted by atomic mass is 9.75. The zero-order valence-corrected chi connectivity index (χ0v) is 20.4. The van der Waals surface area contributed by atoms with Crippen LogP contribution in [-0.2, 0) is 15.7 Å². The highest BCUT2D eigenvalue weighted by molar-refractivity contribution is 6.15. The average Bonchev–Trinajstić information content (AvgIpc) is 3.43. The van der Waals surface area contributed by atoms with Crippen molar-refractivity contribution in [3.8, 4) is 6.07 Å². The van der Waals surface area contributed by atoms with Gasteiger partial charge in [-0.2, -0.15) is 18.4 Å². The first-order valence-electron chi connectivity index (χ1n) is 11.5. The fourth-order valence-electron chi connectivity index (χ4n) is 4.55. The average molecular weight is 521 g/mol. The van der Waals surface area contributed by atoms with E-state index in [2.05, 4.69) is 4.98 Å². The van der Waals surface area contributed by atoms with Crippen molar-refractivity contribution in [1.29, 1.82) is 10.7 Å². The molecule has 0 bridgehead atoms. The Morgan fingerprint density at radius 2 is 1.89 bits per heavy atom. The highest BCUT2D eigenvalue weighted by atomic mass is 19.4. The quantitative estimate of drug-likeness (QED) is 0.465. The lowest BCUT2D eigenvalue weighted by molar-refractivity contribution is -0.146. The third-order valence-corrected chi connectivity index (χ3v) is 6.25. The number of benzene rings is 2. The van der Waals surface area contributed by atoms with Gasteiger partial charge in [-0.3, -0.25) is 19.6 Å².